The number of anilines is 2. The Labute approximate surface area is 147 Å². The lowest BCUT2D eigenvalue weighted by Crippen LogP contribution is -2.38. The molecule has 7 heteroatoms. The normalized spacial score (nSPS) is 10.8. The first-order valence-electron chi connectivity index (χ1n) is 7.56. The van der Waals surface area contributed by atoms with Gasteiger partial charge >= 0.3 is 0 Å². The molecular weight excluding hydrogens is 338 g/mol. The van der Waals surface area contributed by atoms with Crippen molar-refractivity contribution >= 4 is 27.3 Å². The third-order valence-electron chi connectivity index (χ3n) is 3.81. The highest BCUT2D eigenvalue weighted by molar-refractivity contribution is 7.92. The Morgan fingerprint density at radius 1 is 1.20 bits per heavy atom. The SMILES string of the molecule is Cc1cccc(N(CC(=O)Nc2cccc(C#N)c2)S(C)(=O)=O)c1C. The van der Waals surface area contributed by atoms with E-state index < -0.39 is 15.9 Å². The third kappa shape index (κ3) is 4.58. The zero-order valence-electron chi connectivity index (χ0n) is 14.3. The second kappa shape index (κ2) is 7.36. The van der Waals surface area contributed by atoms with Crippen LogP contribution in [0.15, 0.2) is 42.5 Å². The molecule has 0 radical (unpaired) electrons. The molecule has 0 heterocycles. The fourth-order valence-electron chi connectivity index (χ4n) is 2.38. The van der Waals surface area contributed by atoms with Crippen molar-refractivity contribution < 1.29 is 13.2 Å². The lowest BCUT2D eigenvalue weighted by molar-refractivity contribution is -0.114. The first kappa shape index (κ1) is 18.5. The molecule has 0 atom stereocenters. The van der Waals surface area contributed by atoms with Gasteiger partial charge in [-0.3, -0.25) is 9.10 Å². The van der Waals surface area contributed by atoms with Crippen molar-refractivity contribution in [1.29, 1.82) is 5.26 Å². The van der Waals surface area contributed by atoms with Crippen molar-refractivity contribution in [1.82, 2.24) is 0 Å². The highest BCUT2D eigenvalue weighted by Crippen LogP contribution is 2.25. The van der Waals surface area contributed by atoms with Gasteiger partial charge in [-0.05, 0) is 49.2 Å². The summed E-state index contributed by atoms with van der Waals surface area (Å²) < 4.78 is 25.5. The Morgan fingerprint density at radius 3 is 2.52 bits per heavy atom. The summed E-state index contributed by atoms with van der Waals surface area (Å²) in [4.78, 5) is 12.3. The van der Waals surface area contributed by atoms with Crippen LogP contribution in [0.5, 0.6) is 0 Å². The van der Waals surface area contributed by atoms with Crippen LogP contribution in [0.25, 0.3) is 0 Å². The Kier molecular flexibility index (Phi) is 5.45. The maximum Gasteiger partial charge on any atom is 0.245 e. The van der Waals surface area contributed by atoms with E-state index in [0.29, 0.717) is 16.9 Å². The van der Waals surface area contributed by atoms with Crippen molar-refractivity contribution in [2.75, 3.05) is 22.4 Å². The van der Waals surface area contributed by atoms with Gasteiger partial charge in [-0.1, -0.05) is 18.2 Å². The van der Waals surface area contributed by atoms with Crippen LogP contribution in [0.4, 0.5) is 11.4 Å². The van der Waals surface area contributed by atoms with Crippen LogP contribution in [-0.2, 0) is 14.8 Å². The molecule has 2 rings (SSSR count). The quantitative estimate of drug-likeness (QED) is 0.890. The minimum atomic E-state index is -3.64. The summed E-state index contributed by atoms with van der Waals surface area (Å²) in [6, 6.07) is 13.7. The van der Waals surface area contributed by atoms with Crippen molar-refractivity contribution in [3.63, 3.8) is 0 Å². The molecule has 0 fully saturated rings. The maximum atomic E-state index is 12.3. The van der Waals surface area contributed by atoms with Crippen LogP contribution in [0.3, 0.4) is 0 Å². The highest BCUT2D eigenvalue weighted by Gasteiger charge is 2.22. The Balaban J connectivity index is 2.27. The molecule has 0 saturated carbocycles. The van der Waals surface area contributed by atoms with Crippen molar-refractivity contribution in [2.45, 2.75) is 13.8 Å². The van der Waals surface area contributed by atoms with Crippen LogP contribution in [0.1, 0.15) is 16.7 Å². The summed E-state index contributed by atoms with van der Waals surface area (Å²) in [5.41, 5.74) is 3.06. The number of nitrogens with one attached hydrogen (secondary N) is 1. The van der Waals surface area contributed by atoms with Crippen molar-refractivity contribution in [3.8, 4) is 6.07 Å². The fraction of sp³-hybridized carbons (Fsp3) is 0.222. The van der Waals surface area contributed by atoms with Crippen molar-refractivity contribution in [3.05, 3.63) is 59.2 Å². The number of rotatable bonds is 5. The summed E-state index contributed by atoms with van der Waals surface area (Å²) in [5.74, 6) is -0.485. The van der Waals surface area contributed by atoms with E-state index in [0.717, 1.165) is 21.7 Å². The molecule has 130 valence electrons. The zero-order chi connectivity index (χ0) is 18.6. The number of carbonyl (C=O) groups excluding carboxylic acids is 1. The zero-order valence-corrected chi connectivity index (χ0v) is 15.1. The average molecular weight is 357 g/mol. The van der Waals surface area contributed by atoms with Gasteiger partial charge in [0.05, 0.1) is 23.6 Å². The van der Waals surface area contributed by atoms with Gasteiger partial charge in [0.15, 0.2) is 0 Å². The number of hydrogen-bond acceptors (Lipinski definition) is 4. The maximum absolute atomic E-state index is 12.3. The Hall–Kier alpha value is -2.85. The van der Waals surface area contributed by atoms with Crippen LogP contribution in [0, 0.1) is 25.2 Å². The van der Waals surface area contributed by atoms with E-state index >= 15 is 0 Å². The first-order chi connectivity index (χ1) is 11.7. The predicted octanol–water partition coefficient (Wildman–Crippen LogP) is 2.58. The van der Waals surface area contributed by atoms with Crippen LogP contribution < -0.4 is 9.62 Å². The molecule has 6 nitrogen and oxygen atoms in total. The molecule has 2 aromatic rings. The van der Waals surface area contributed by atoms with E-state index in [1.54, 1.807) is 30.3 Å². The van der Waals surface area contributed by atoms with E-state index in [9.17, 15) is 13.2 Å². The van der Waals surface area contributed by atoms with Gasteiger partial charge in [0.2, 0.25) is 15.9 Å². The Bertz CT molecular complexity index is 946. The van der Waals surface area contributed by atoms with Crippen LogP contribution in [-0.4, -0.2) is 27.1 Å². The molecule has 25 heavy (non-hydrogen) atoms. The molecule has 1 amide bonds. The largest absolute Gasteiger partial charge is 0.324 e. The summed E-state index contributed by atoms with van der Waals surface area (Å²) >= 11 is 0. The van der Waals surface area contributed by atoms with Gasteiger partial charge in [0.1, 0.15) is 6.54 Å². The number of sulfonamides is 1. The van der Waals surface area contributed by atoms with Gasteiger partial charge in [0, 0.05) is 5.69 Å². The minimum absolute atomic E-state index is 0.347. The van der Waals surface area contributed by atoms with E-state index in [-0.39, 0.29) is 6.54 Å². The monoisotopic (exact) mass is 357 g/mol. The average Bonchev–Trinajstić information content (AvgIpc) is 2.55. The second-order valence-electron chi connectivity index (χ2n) is 5.73. The topological polar surface area (TPSA) is 90.3 Å². The van der Waals surface area contributed by atoms with E-state index in [1.165, 1.54) is 6.07 Å². The molecule has 0 saturated heterocycles. The van der Waals surface area contributed by atoms with Gasteiger partial charge in [-0.25, -0.2) is 8.42 Å². The smallest absolute Gasteiger partial charge is 0.245 e. The van der Waals surface area contributed by atoms with Gasteiger partial charge in [-0.2, -0.15) is 5.26 Å². The minimum Gasteiger partial charge on any atom is -0.324 e. The predicted molar refractivity (Wildman–Crippen MR) is 97.9 cm³/mol. The summed E-state index contributed by atoms with van der Waals surface area (Å²) in [6.07, 6.45) is 1.07. The molecule has 0 aliphatic rings. The molecule has 1 N–H and O–H groups in total. The number of nitriles is 1. The highest BCUT2D eigenvalue weighted by atomic mass is 32.2. The van der Waals surface area contributed by atoms with E-state index in [1.807, 2.05) is 26.0 Å². The lowest BCUT2D eigenvalue weighted by Gasteiger charge is -2.24. The molecule has 0 unspecified atom stereocenters. The summed E-state index contributed by atoms with van der Waals surface area (Å²) in [5, 5.41) is 11.5. The van der Waals surface area contributed by atoms with Crippen molar-refractivity contribution in [2.24, 2.45) is 0 Å². The fourth-order valence-corrected chi connectivity index (χ4v) is 3.29. The number of aryl methyl sites for hydroxylation is 1. The Morgan fingerprint density at radius 2 is 1.88 bits per heavy atom. The number of hydrogen-bond donors (Lipinski definition) is 1. The van der Waals surface area contributed by atoms with Gasteiger partial charge in [-0.15, -0.1) is 0 Å². The molecule has 0 aliphatic heterocycles. The standard InChI is InChI=1S/C18H19N3O3S/c1-13-6-4-9-17(14(13)2)21(25(3,23)24)12-18(22)20-16-8-5-7-15(10-16)11-19/h4-10H,12H2,1-3H3,(H,20,22). The van der Waals surface area contributed by atoms with Crippen LogP contribution >= 0.6 is 0 Å². The van der Waals surface area contributed by atoms with Gasteiger partial charge in [0.25, 0.3) is 0 Å². The summed E-state index contributed by atoms with van der Waals surface area (Å²) in [7, 11) is -3.64. The van der Waals surface area contributed by atoms with E-state index in [4.69, 9.17) is 5.26 Å². The van der Waals surface area contributed by atoms with Crippen LogP contribution in [0.2, 0.25) is 0 Å². The third-order valence-corrected chi connectivity index (χ3v) is 4.93. The molecule has 2 aromatic carbocycles. The van der Waals surface area contributed by atoms with Gasteiger partial charge < -0.3 is 5.32 Å². The second-order valence-corrected chi connectivity index (χ2v) is 7.64. The molecule has 0 spiro atoms. The number of amides is 1. The lowest BCUT2D eigenvalue weighted by atomic mass is 10.1. The van der Waals surface area contributed by atoms with E-state index in [2.05, 4.69) is 5.32 Å². The molecule has 0 aromatic heterocycles. The summed E-state index contributed by atoms with van der Waals surface area (Å²) in [6.45, 7) is 3.35. The number of nitrogens with zero attached hydrogens (tertiary/aromatic N) is 2. The number of carbonyl (C=O) groups is 1. The molecule has 0 aliphatic carbocycles. The molecule has 0 bridgehead atoms. The first-order valence-corrected chi connectivity index (χ1v) is 9.41. The number of benzene rings is 2. The molecular formula is C18H19N3O3S.